The number of anilines is 1. The highest BCUT2D eigenvalue weighted by atomic mass is 79.9. The summed E-state index contributed by atoms with van der Waals surface area (Å²) in [5.41, 5.74) is 2.02. The summed E-state index contributed by atoms with van der Waals surface area (Å²) in [7, 11) is 3.68. The molecule has 21 heavy (non-hydrogen) atoms. The van der Waals surface area contributed by atoms with Crippen LogP contribution in [0.5, 0.6) is 5.75 Å². The van der Waals surface area contributed by atoms with Gasteiger partial charge < -0.3 is 14.7 Å². The van der Waals surface area contributed by atoms with Crippen molar-refractivity contribution in [3.63, 3.8) is 0 Å². The SMILES string of the molecule is COc1cccc(N(C)CCC(O)c2ccc(Br)cc2)c1. The standard InChI is InChI=1S/C17H20BrNO2/c1-19(15-4-3-5-16(12-15)21-2)11-10-17(20)13-6-8-14(18)9-7-13/h3-9,12,17,20H,10-11H2,1-2H3. The van der Waals surface area contributed by atoms with Crippen molar-refractivity contribution in [3.05, 3.63) is 58.6 Å². The molecule has 0 bridgehead atoms. The van der Waals surface area contributed by atoms with Crippen LogP contribution < -0.4 is 9.64 Å². The smallest absolute Gasteiger partial charge is 0.120 e. The summed E-state index contributed by atoms with van der Waals surface area (Å²) in [6, 6.07) is 15.7. The van der Waals surface area contributed by atoms with Crippen LogP contribution in [-0.4, -0.2) is 25.8 Å². The first-order valence-corrected chi connectivity index (χ1v) is 7.68. The van der Waals surface area contributed by atoms with Crippen molar-refractivity contribution in [2.75, 3.05) is 25.6 Å². The van der Waals surface area contributed by atoms with Crippen molar-refractivity contribution in [3.8, 4) is 5.75 Å². The number of benzene rings is 2. The fourth-order valence-corrected chi connectivity index (χ4v) is 2.41. The summed E-state index contributed by atoms with van der Waals surface area (Å²) >= 11 is 3.40. The molecule has 1 atom stereocenters. The Morgan fingerprint density at radius 2 is 1.90 bits per heavy atom. The molecule has 0 fully saturated rings. The molecule has 1 unspecified atom stereocenters. The lowest BCUT2D eigenvalue weighted by molar-refractivity contribution is 0.170. The second kappa shape index (κ2) is 7.48. The Bertz CT molecular complexity index is 571. The Balaban J connectivity index is 1.93. The van der Waals surface area contributed by atoms with Crippen LogP contribution in [-0.2, 0) is 0 Å². The van der Waals surface area contributed by atoms with Crippen LogP contribution in [0.4, 0.5) is 5.69 Å². The zero-order chi connectivity index (χ0) is 15.2. The minimum Gasteiger partial charge on any atom is -0.497 e. The second-order valence-corrected chi connectivity index (χ2v) is 5.89. The van der Waals surface area contributed by atoms with Crippen LogP contribution in [0.2, 0.25) is 0 Å². The normalized spacial score (nSPS) is 12.0. The fourth-order valence-electron chi connectivity index (χ4n) is 2.14. The van der Waals surface area contributed by atoms with Gasteiger partial charge in [-0.15, -0.1) is 0 Å². The first-order valence-electron chi connectivity index (χ1n) is 6.89. The minimum absolute atomic E-state index is 0.453. The lowest BCUT2D eigenvalue weighted by atomic mass is 10.1. The molecule has 4 heteroatoms. The summed E-state index contributed by atoms with van der Waals surface area (Å²) in [5.74, 6) is 0.841. The molecule has 0 radical (unpaired) electrons. The van der Waals surface area contributed by atoms with Gasteiger partial charge >= 0.3 is 0 Å². The van der Waals surface area contributed by atoms with Gasteiger partial charge in [-0.3, -0.25) is 0 Å². The number of hydrogen-bond donors (Lipinski definition) is 1. The van der Waals surface area contributed by atoms with Crippen molar-refractivity contribution >= 4 is 21.6 Å². The zero-order valence-corrected chi connectivity index (χ0v) is 13.9. The molecule has 3 nitrogen and oxygen atoms in total. The van der Waals surface area contributed by atoms with E-state index in [4.69, 9.17) is 4.74 Å². The summed E-state index contributed by atoms with van der Waals surface area (Å²) < 4.78 is 6.25. The van der Waals surface area contributed by atoms with Crippen molar-refractivity contribution in [2.45, 2.75) is 12.5 Å². The van der Waals surface area contributed by atoms with Gasteiger partial charge in [0, 0.05) is 29.8 Å². The molecule has 112 valence electrons. The van der Waals surface area contributed by atoms with Crippen LogP contribution in [0, 0.1) is 0 Å². The van der Waals surface area contributed by atoms with E-state index in [-0.39, 0.29) is 0 Å². The number of hydrogen-bond acceptors (Lipinski definition) is 3. The first-order chi connectivity index (χ1) is 10.1. The third kappa shape index (κ3) is 4.48. The Morgan fingerprint density at radius 3 is 2.57 bits per heavy atom. The van der Waals surface area contributed by atoms with Crippen LogP contribution in [0.25, 0.3) is 0 Å². The predicted molar refractivity (Wildman–Crippen MR) is 90.0 cm³/mol. The molecule has 2 aromatic carbocycles. The average Bonchev–Trinajstić information content (AvgIpc) is 2.53. The number of ether oxygens (including phenoxy) is 1. The molecular formula is C17H20BrNO2. The van der Waals surface area contributed by atoms with E-state index in [1.165, 1.54) is 0 Å². The van der Waals surface area contributed by atoms with E-state index < -0.39 is 6.10 Å². The van der Waals surface area contributed by atoms with E-state index >= 15 is 0 Å². The summed E-state index contributed by atoms with van der Waals surface area (Å²) in [5, 5.41) is 10.2. The van der Waals surface area contributed by atoms with Crippen LogP contribution in [0.1, 0.15) is 18.1 Å². The molecule has 0 amide bonds. The van der Waals surface area contributed by atoms with Crippen molar-refractivity contribution in [2.24, 2.45) is 0 Å². The maximum atomic E-state index is 10.2. The van der Waals surface area contributed by atoms with Crippen LogP contribution >= 0.6 is 15.9 Å². The molecule has 0 heterocycles. The van der Waals surface area contributed by atoms with Gasteiger partial charge in [0.1, 0.15) is 5.75 Å². The number of methoxy groups -OCH3 is 1. The molecule has 1 N–H and O–H groups in total. The highest BCUT2D eigenvalue weighted by Crippen LogP contribution is 2.23. The summed E-state index contributed by atoms with van der Waals surface area (Å²) in [4.78, 5) is 2.12. The number of nitrogens with zero attached hydrogens (tertiary/aromatic N) is 1. The summed E-state index contributed by atoms with van der Waals surface area (Å²) in [6.45, 7) is 0.768. The second-order valence-electron chi connectivity index (χ2n) is 4.98. The minimum atomic E-state index is -0.453. The number of rotatable bonds is 6. The zero-order valence-electron chi connectivity index (χ0n) is 12.3. The number of aliphatic hydroxyl groups excluding tert-OH is 1. The fraction of sp³-hybridized carbons (Fsp3) is 0.294. The number of halogens is 1. The third-order valence-corrected chi connectivity index (χ3v) is 4.02. The molecular weight excluding hydrogens is 330 g/mol. The quantitative estimate of drug-likeness (QED) is 0.854. The van der Waals surface area contributed by atoms with E-state index in [1.807, 2.05) is 55.6 Å². The maximum absolute atomic E-state index is 10.2. The maximum Gasteiger partial charge on any atom is 0.120 e. The molecule has 0 saturated carbocycles. The van der Waals surface area contributed by atoms with Gasteiger partial charge in [0.25, 0.3) is 0 Å². The number of aliphatic hydroxyl groups is 1. The molecule has 0 spiro atoms. The Morgan fingerprint density at radius 1 is 1.19 bits per heavy atom. The molecule has 0 aliphatic carbocycles. The predicted octanol–water partition coefficient (Wildman–Crippen LogP) is 4.02. The average molecular weight is 350 g/mol. The van der Waals surface area contributed by atoms with E-state index in [1.54, 1.807) is 7.11 Å². The van der Waals surface area contributed by atoms with E-state index in [9.17, 15) is 5.11 Å². The Labute approximate surface area is 134 Å². The largest absolute Gasteiger partial charge is 0.497 e. The molecule has 0 aliphatic heterocycles. The van der Waals surface area contributed by atoms with E-state index in [0.717, 1.165) is 28.0 Å². The van der Waals surface area contributed by atoms with Gasteiger partial charge in [-0.2, -0.15) is 0 Å². The van der Waals surface area contributed by atoms with Gasteiger partial charge in [0.05, 0.1) is 13.2 Å². The molecule has 2 rings (SSSR count). The topological polar surface area (TPSA) is 32.7 Å². The lowest BCUT2D eigenvalue weighted by Crippen LogP contribution is -2.20. The van der Waals surface area contributed by atoms with Gasteiger partial charge in [0.2, 0.25) is 0 Å². The molecule has 2 aromatic rings. The monoisotopic (exact) mass is 349 g/mol. The van der Waals surface area contributed by atoms with E-state index in [0.29, 0.717) is 6.42 Å². The van der Waals surface area contributed by atoms with Gasteiger partial charge in [-0.25, -0.2) is 0 Å². The van der Waals surface area contributed by atoms with E-state index in [2.05, 4.69) is 20.8 Å². The van der Waals surface area contributed by atoms with Crippen LogP contribution in [0.3, 0.4) is 0 Å². The third-order valence-electron chi connectivity index (χ3n) is 3.49. The molecule has 0 aromatic heterocycles. The van der Waals surface area contributed by atoms with Crippen molar-refractivity contribution in [1.29, 1.82) is 0 Å². The van der Waals surface area contributed by atoms with Crippen molar-refractivity contribution < 1.29 is 9.84 Å². The highest BCUT2D eigenvalue weighted by Gasteiger charge is 2.09. The van der Waals surface area contributed by atoms with Crippen molar-refractivity contribution in [1.82, 2.24) is 0 Å². The summed E-state index contributed by atoms with van der Waals surface area (Å²) in [6.07, 6.45) is 0.223. The molecule has 0 saturated heterocycles. The Hall–Kier alpha value is -1.52. The Kier molecular flexibility index (Phi) is 5.65. The van der Waals surface area contributed by atoms with Crippen LogP contribution in [0.15, 0.2) is 53.0 Å². The first kappa shape index (κ1) is 15.9. The van der Waals surface area contributed by atoms with Gasteiger partial charge in [0.15, 0.2) is 0 Å². The molecule has 0 aliphatic rings. The highest BCUT2D eigenvalue weighted by molar-refractivity contribution is 9.10. The van der Waals surface area contributed by atoms with Gasteiger partial charge in [-0.05, 0) is 36.2 Å². The van der Waals surface area contributed by atoms with Gasteiger partial charge in [-0.1, -0.05) is 34.1 Å². The lowest BCUT2D eigenvalue weighted by Gasteiger charge is -2.21.